The number of pyridine rings is 1. The highest BCUT2D eigenvalue weighted by molar-refractivity contribution is 5.89. The minimum Gasteiger partial charge on any atom is -0.361 e. The molecule has 0 aliphatic carbocycles. The summed E-state index contributed by atoms with van der Waals surface area (Å²) in [6.07, 6.45) is 5.74. The van der Waals surface area contributed by atoms with Crippen LogP contribution in [0.5, 0.6) is 0 Å². The Kier molecular flexibility index (Phi) is 4.48. The highest BCUT2D eigenvalue weighted by atomic mass is 16.1. The van der Waals surface area contributed by atoms with E-state index in [1.54, 1.807) is 12.4 Å². The van der Waals surface area contributed by atoms with Crippen LogP contribution in [0.15, 0.2) is 85.3 Å². The van der Waals surface area contributed by atoms with Crippen molar-refractivity contribution in [2.45, 2.75) is 12.5 Å². The third-order valence-corrected chi connectivity index (χ3v) is 4.50. The first-order valence-corrected chi connectivity index (χ1v) is 8.60. The number of para-hydroxylation sites is 1. The number of benzene rings is 2. The van der Waals surface area contributed by atoms with Crippen molar-refractivity contribution in [3.05, 3.63) is 102 Å². The first-order valence-electron chi connectivity index (χ1n) is 8.60. The molecule has 0 spiro atoms. The topological polar surface area (TPSA) is 57.8 Å². The largest absolute Gasteiger partial charge is 0.361 e. The normalized spacial score (nSPS) is 12.0. The number of amides is 1. The van der Waals surface area contributed by atoms with Gasteiger partial charge in [-0.05, 0) is 34.9 Å². The predicted molar refractivity (Wildman–Crippen MR) is 103 cm³/mol. The number of carbonyl (C=O) groups is 1. The summed E-state index contributed by atoms with van der Waals surface area (Å²) >= 11 is 0. The van der Waals surface area contributed by atoms with Crippen LogP contribution in [0, 0.1) is 0 Å². The molecular formula is C22H19N3O. The molecule has 2 aromatic carbocycles. The minimum atomic E-state index is -0.197. The van der Waals surface area contributed by atoms with Gasteiger partial charge >= 0.3 is 0 Å². The van der Waals surface area contributed by atoms with E-state index in [1.807, 2.05) is 72.9 Å². The van der Waals surface area contributed by atoms with Crippen molar-refractivity contribution in [2.75, 3.05) is 0 Å². The summed E-state index contributed by atoms with van der Waals surface area (Å²) in [5.41, 5.74) is 4.10. The molecule has 26 heavy (non-hydrogen) atoms. The van der Waals surface area contributed by atoms with Crippen molar-refractivity contribution in [1.29, 1.82) is 0 Å². The molecule has 1 amide bonds. The standard InChI is InChI=1S/C22H19N3O/c26-21(14-18-15-24-20-9-5-4-8-19(18)20)25-22(16-6-2-1-3-7-16)17-10-12-23-13-11-17/h1-13,15,22,24H,14H2,(H,25,26). The van der Waals surface area contributed by atoms with Gasteiger partial charge in [0.05, 0.1) is 12.5 Å². The average Bonchev–Trinajstić information content (AvgIpc) is 3.10. The van der Waals surface area contributed by atoms with Crippen LogP contribution in [0.4, 0.5) is 0 Å². The van der Waals surface area contributed by atoms with Crippen LogP contribution in [0.1, 0.15) is 22.7 Å². The van der Waals surface area contributed by atoms with E-state index in [4.69, 9.17) is 0 Å². The Morgan fingerprint density at radius 2 is 1.62 bits per heavy atom. The van der Waals surface area contributed by atoms with Gasteiger partial charge < -0.3 is 10.3 Å². The maximum atomic E-state index is 12.8. The maximum absolute atomic E-state index is 12.8. The zero-order valence-corrected chi connectivity index (χ0v) is 14.2. The smallest absolute Gasteiger partial charge is 0.225 e. The molecule has 128 valence electrons. The van der Waals surface area contributed by atoms with Crippen LogP contribution in [-0.2, 0) is 11.2 Å². The highest BCUT2D eigenvalue weighted by Gasteiger charge is 2.17. The first-order chi connectivity index (χ1) is 12.8. The number of nitrogens with one attached hydrogen (secondary N) is 2. The van der Waals surface area contributed by atoms with E-state index in [9.17, 15) is 4.79 Å². The molecule has 4 rings (SSSR count). The predicted octanol–water partition coefficient (Wildman–Crippen LogP) is 4.01. The Morgan fingerprint density at radius 1 is 0.923 bits per heavy atom. The van der Waals surface area contributed by atoms with Gasteiger partial charge in [-0.2, -0.15) is 0 Å². The Bertz CT molecular complexity index is 970. The van der Waals surface area contributed by atoms with Crippen molar-refractivity contribution < 1.29 is 4.79 Å². The number of fused-ring (bicyclic) bond motifs is 1. The third kappa shape index (κ3) is 3.35. The molecular weight excluding hydrogens is 322 g/mol. The number of rotatable bonds is 5. The second-order valence-electron chi connectivity index (χ2n) is 6.23. The lowest BCUT2D eigenvalue weighted by Gasteiger charge is -2.19. The van der Waals surface area contributed by atoms with E-state index in [0.717, 1.165) is 27.6 Å². The molecule has 0 aliphatic rings. The molecule has 1 atom stereocenters. The average molecular weight is 341 g/mol. The number of nitrogens with zero attached hydrogens (tertiary/aromatic N) is 1. The number of hydrogen-bond acceptors (Lipinski definition) is 2. The first kappa shape index (κ1) is 16.1. The van der Waals surface area contributed by atoms with E-state index in [-0.39, 0.29) is 11.9 Å². The van der Waals surface area contributed by atoms with Gasteiger partial charge in [0, 0.05) is 29.5 Å². The summed E-state index contributed by atoms with van der Waals surface area (Å²) in [6, 6.07) is 21.7. The van der Waals surface area contributed by atoms with Crippen molar-refractivity contribution in [1.82, 2.24) is 15.3 Å². The van der Waals surface area contributed by atoms with Crippen LogP contribution in [0.2, 0.25) is 0 Å². The SMILES string of the molecule is O=C(Cc1c[nH]c2ccccc12)NC(c1ccccc1)c1ccncc1. The summed E-state index contributed by atoms with van der Waals surface area (Å²) in [4.78, 5) is 20.1. The van der Waals surface area contributed by atoms with Gasteiger partial charge in [0.1, 0.15) is 0 Å². The quantitative estimate of drug-likeness (QED) is 0.576. The minimum absolute atomic E-state index is 0.0135. The molecule has 4 nitrogen and oxygen atoms in total. The van der Waals surface area contributed by atoms with Gasteiger partial charge in [-0.1, -0.05) is 48.5 Å². The maximum Gasteiger partial charge on any atom is 0.225 e. The van der Waals surface area contributed by atoms with Crippen molar-refractivity contribution >= 4 is 16.8 Å². The lowest BCUT2D eigenvalue weighted by atomic mass is 9.99. The van der Waals surface area contributed by atoms with Crippen LogP contribution < -0.4 is 5.32 Å². The summed E-state index contributed by atoms with van der Waals surface area (Å²) in [5.74, 6) is -0.0135. The monoisotopic (exact) mass is 341 g/mol. The van der Waals surface area contributed by atoms with Gasteiger partial charge in [-0.25, -0.2) is 0 Å². The van der Waals surface area contributed by atoms with Crippen LogP contribution in [-0.4, -0.2) is 15.9 Å². The Morgan fingerprint density at radius 3 is 2.42 bits per heavy atom. The van der Waals surface area contributed by atoms with Gasteiger partial charge in [0.2, 0.25) is 5.91 Å². The van der Waals surface area contributed by atoms with E-state index >= 15 is 0 Å². The molecule has 0 saturated heterocycles. The van der Waals surface area contributed by atoms with E-state index in [2.05, 4.69) is 15.3 Å². The Balaban J connectivity index is 1.58. The molecule has 2 heterocycles. The van der Waals surface area contributed by atoms with Gasteiger partial charge in [-0.15, -0.1) is 0 Å². The molecule has 2 N–H and O–H groups in total. The third-order valence-electron chi connectivity index (χ3n) is 4.50. The zero-order chi connectivity index (χ0) is 17.8. The van der Waals surface area contributed by atoms with E-state index < -0.39 is 0 Å². The molecule has 2 aromatic heterocycles. The summed E-state index contributed by atoms with van der Waals surface area (Å²) in [6.45, 7) is 0. The molecule has 1 unspecified atom stereocenters. The van der Waals surface area contributed by atoms with Crippen molar-refractivity contribution in [3.8, 4) is 0 Å². The van der Waals surface area contributed by atoms with Gasteiger partial charge in [0.15, 0.2) is 0 Å². The zero-order valence-electron chi connectivity index (χ0n) is 14.2. The number of H-pyrrole nitrogens is 1. The molecule has 0 bridgehead atoms. The molecule has 0 fully saturated rings. The van der Waals surface area contributed by atoms with Gasteiger partial charge in [-0.3, -0.25) is 9.78 Å². The number of aromatic amines is 1. The number of aromatic nitrogens is 2. The van der Waals surface area contributed by atoms with E-state index in [0.29, 0.717) is 6.42 Å². The fourth-order valence-corrected chi connectivity index (χ4v) is 3.22. The lowest BCUT2D eigenvalue weighted by Crippen LogP contribution is -2.30. The molecule has 4 aromatic rings. The van der Waals surface area contributed by atoms with E-state index in [1.165, 1.54) is 0 Å². The van der Waals surface area contributed by atoms with Crippen LogP contribution in [0.25, 0.3) is 10.9 Å². The second-order valence-corrected chi connectivity index (χ2v) is 6.23. The van der Waals surface area contributed by atoms with Crippen molar-refractivity contribution in [2.24, 2.45) is 0 Å². The summed E-state index contributed by atoms with van der Waals surface area (Å²) in [5, 5.41) is 4.26. The Labute approximate surface area is 151 Å². The van der Waals surface area contributed by atoms with Crippen molar-refractivity contribution in [3.63, 3.8) is 0 Å². The Hall–Kier alpha value is -3.40. The number of hydrogen-bond donors (Lipinski definition) is 2. The van der Waals surface area contributed by atoms with Crippen LogP contribution in [0.3, 0.4) is 0 Å². The lowest BCUT2D eigenvalue weighted by molar-refractivity contribution is -0.120. The fourth-order valence-electron chi connectivity index (χ4n) is 3.22. The summed E-state index contributed by atoms with van der Waals surface area (Å²) < 4.78 is 0. The molecule has 0 aliphatic heterocycles. The molecule has 0 radical (unpaired) electrons. The highest BCUT2D eigenvalue weighted by Crippen LogP contribution is 2.22. The van der Waals surface area contributed by atoms with Gasteiger partial charge in [0.25, 0.3) is 0 Å². The molecule has 4 heteroatoms. The number of carbonyl (C=O) groups excluding carboxylic acids is 1. The molecule has 0 saturated carbocycles. The second kappa shape index (κ2) is 7.23. The van der Waals surface area contributed by atoms with Crippen LogP contribution >= 0.6 is 0 Å². The fraction of sp³-hybridized carbons (Fsp3) is 0.0909. The summed E-state index contributed by atoms with van der Waals surface area (Å²) in [7, 11) is 0.